The first-order valence-corrected chi connectivity index (χ1v) is 14.4. The summed E-state index contributed by atoms with van der Waals surface area (Å²) in [5, 5.41) is 4.36. The molecule has 2 unspecified atom stereocenters. The Hall–Kier alpha value is -2.84. The first kappa shape index (κ1) is 23.1. The second-order valence-electron chi connectivity index (χ2n) is 12.3. The minimum atomic E-state index is -0.358. The van der Waals surface area contributed by atoms with E-state index in [1.165, 1.54) is 49.7 Å². The highest BCUT2D eigenvalue weighted by Gasteiger charge is 2.50. The molecular formula is C30H35FN6O. The highest BCUT2D eigenvalue weighted by molar-refractivity contribution is 5.92. The Labute approximate surface area is 222 Å². The smallest absolute Gasteiger partial charge is 0.319 e. The summed E-state index contributed by atoms with van der Waals surface area (Å²) in [6, 6.07) is 7.79. The van der Waals surface area contributed by atoms with Crippen molar-refractivity contribution in [2.24, 2.45) is 0 Å². The number of pyridine rings is 1. The van der Waals surface area contributed by atoms with Gasteiger partial charge in [0, 0.05) is 43.0 Å². The number of likely N-dealkylation sites (N-methyl/N-ethyl adjacent to an activating group) is 1. The number of aromatic nitrogens is 3. The van der Waals surface area contributed by atoms with E-state index in [9.17, 15) is 0 Å². The van der Waals surface area contributed by atoms with Gasteiger partial charge in [-0.2, -0.15) is 9.97 Å². The summed E-state index contributed by atoms with van der Waals surface area (Å²) in [6.07, 6.45) is 11.0. The zero-order valence-corrected chi connectivity index (χ0v) is 22.0. The molecule has 38 heavy (non-hydrogen) atoms. The maximum absolute atomic E-state index is 16.5. The van der Waals surface area contributed by atoms with Crippen molar-refractivity contribution in [3.8, 4) is 17.3 Å². The van der Waals surface area contributed by atoms with Crippen LogP contribution in [-0.2, 0) is 11.8 Å². The standard InChI is InChI=1S/C30H35FN6O/c1-36-13-3-5-21(36)17-38-29-34-27-23(28(35-29)37-15-19-7-8-20(16-37)33-19)14-32-26(25(27)31)22-6-2-4-18-9-10-30(11-12-30)24(18)22/h2,4,6,14,19-21,33H,3,5,7-13,15-17H2,1H3/t19?,20?,21-/m0/s1. The molecule has 3 aliphatic heterocycles. The molecule has 1 N–H and O–H groups in total. The van der Waals surface area contributed by atoms with E-state index in [-0.39, 0.29) is 17.2 Å². The van der Waals surface area contributed by atoms with Crippen molar-refractivity contribution in [1.82, 2.24) is 25.2 Å². The molecule has 198 valence electrons. The van der Waals surface area contributed by atoms with Crippen LogP contribution >= 0.6 is 0 Å². The summed E-state index contributed by atoms with van der Waals surface area (Å²) in [5.41, 5.74) is 4.57. The van der Waals surface area contributed by atoms with Gasteiger partial charge in [-0.25, -0.2) is 4.39 Å². The number of hydrogen-bond acceptors (Lipinski definition) is 7. The summed E-state index contributed by atoms with van der Waals surface area (Å²) in [4.78, 5) is 18.9. The lowest BCUT2D eigenvalue weighted by Gasteiger charge is -2.34. The van der Waals surface area contributed by atoms with Gasteiger partial charge in [-0.05, 0) is 81.5 Å². The number of anilines is 1. The van der Waals surface area contributed by atoms with Crippen molar-refractivity contribution in [3.63, 3.8) is 0 Å². The number of likely N-dealkylation sites (tertiary alicyclic amines) is 1. The Bertz CT molecular complexity index is 1410. The maximum Gasteiger partial charge on any atom is 0.319 e. The van der Waals surface area contributed by atoms with Gasteiger partial charge in [0.25, 0.3) is 0 Å². The second kappa shape index (κ2) is 8.58. The predicted octanol–water partition coefficient (Wildman–Crippen LogP) is 4.22. The third-order valence-electron chi connectivity index (χ3n) is 9.90. The Morgan fingerprint density at radius 1 is 1.11 bits per heavy atom. The summed E-state index contributed by atoms with van der Waals surface area (Å²) < 4.78 is 22.7. The van der Waals surface area contributed by atoms with Crippen molar-refractivity contribution < 1.29 is 9.13 Å². The van der Waals surface area contributed by atoms with Gasteiger partial charge in [0.1, 0.15) is 23.6 Å². The number of nitrogens with one attached hydrogen (secondary N) is 1. The SMILES string of the molecule is CN1CCC[C@H]1COc1nc(N2CC3CCC(C2)N3)c2cnc(-c3cccc4c3C3(CC4)CC3)c(F)c2n1. The third kappa shape index (κ3) is 3.63. The number of benzene rings is 1. The molecule has 0 radical (unpaired) electrons. The van der Waals surface area contributed by atoms with Gasteiger partial charge in [-0.15, -0.1) is 0 Å². The molecule has 8 heteroatoms. The number of nitrogens with zero attached hydrogens (tertiary/aromatic N) is 5. The minimum Gasteiger partial charge on any atom is -0.462 e. The van der Waals surface area contributed by atoms with Crippen molar-refractivity contribution in [3.05, 3.63) is 41.3 Å². The molecule has 1 saturated carbocycles. The number of ether oxygens (including phenoxy) is 1. The number of piperazine rings is 1. The van der Waals surface area contributed by atoms with E-state index in [2.05, 4.69) is 34.3 Å². The van der Waals surface area contributed by atoms with E-state index in [1.54, 1.807) is 6.20 Å². The van der Waals surface area contributed by atoms with Crippen LogP contribution in [-0.4, -0.2) is 71.3 Å². The molecule has 1 spiro atoms. The molecule has 7 nitrogen and oxygen atoms in total. The van der Waals surface area contributed by atoms with Crippen LogP contribution in [0.5, 0.6) is 6.01 Å². The lowest BCUT2D eigenvalue weighted by molar-refractivity contribution is 0.188. The fraction of sp³-hybridized carbons (Fsp3) is 0.567. The molecule has 4 fully saturated rings. The monoisotopic (exact) mass is 514 g/mol. The highest BCUT2D eigenvalue weighted by atomic mass is 19.1. The van der Waals surface area contributed by atoms with E-state index >= 15 is 4.39 Å². The van der Waals surface area contributed by atoms with Crippen LogP contribution in [0.3, 0.4) is 0 Å². The van der Waals surface area contributed by atoms with E-state index in [4.69, 9.17) is 19.7 Å². The normalized spacial score (nSPS) is 27.4. The van der Waals surface area contributed by atoms with Crippen LogP contribution in [0, 0.1) is 5.82 Å². The van der Waals surface area contributed by atoms with Gasteiger partial charge in [0.2, 0.25) is 0 Å². The molecular weight excluding hydrogens is 479 g/mol. The zero-order chi connectivity index (χ0) is 25.4. The fourth-order valence-electron chi connectivity index (χ4n) is 7.63. The van der Waals surface area contributed by atoms with Crippen molar-refractivity contribution in [1.29, 1.82) is 0 Å². The van der Waals surface area contributed by atoms with Crippen molar-refractivity contribution in [2.75, 3.05) is 38.2 Å². The van der Waals surface area contributed by atoms with Crippen LogP contribution in [0.1, 0.15) is 56.1 Å². The number of aryl methyl sites for hydroxylation is 1. The molecule has 2 aromatic heterocycles. The third-order valence-corrected chi connectivity index (χ3v) is 9.90. The van der Waals surface area contributed by atoms with E-state index < -0.39 is 0 Å². The van der Waals surface area contributed by atoms with Gasteiger partial charge in [-0.3, -0.25) is 4.98 Å². The quantitative estimate of drug-likeness (QED) is 0.547. The lowest BCUT2D eigenvalue weighted by atomic mass is 9.91. The minimum absolute atomic E-state index is 0.230. The molecule has 2 bridgehead atoms. The Morgan fingerprint density at radius 2 is 1.95 bits per heavy atom. The molecule has 3 saturated heterocycles. The molecule has 5 heterocycles. The topological polar surface area (TPSA) is 66.4 Å². The average molecular weight is 515 g/mol. The number of fused-ring (bicyclic) bond motifs is 5. The number of hydrogen-bond donors (Lipinski definition) is 1. The molecule has 5 aliphatic rings. The van der Waals surface area contributed by atoms with Crippen LogP contribution in [0.25, 0.3) is 22.2 Å². The van der Waals surface area contributed by atoms with Gasteiger partial charge in [0.05, 0.1) is 5.39 Å². The predicted molar refractivity (Wildman–Crippen MR) is 145 cm³/mol. The first-order chi connectivity index (χ1) is 18.6. The van der Waals surface area contributed by atoms with Crippen LogP contribution in [0.15, 0.2) is 24.4 Å². The summed E-state index contributed by atoms with van der Waals surface area (Å²) in [5.74, 6) is 0.390. The van der Waals surface area contributed by atoms with Crippen molar-refractivity contribution >= 4 is 16.7 Å². The van der Waals surface area contributed by atoms with E-state index in [1.807, 2.05) is 6.07 Å². The average Bonchev–Trinajstić information content (AvgIpc) is 3.27. The molecule has 3 aromatic rings. The van der Waals surface area contributed by atoms with Crippen LogP contribution in [0.2, 0.25) is 0 Å². The Balaban J connectivity index is 1.24. The van der Waals surface area contributed by atoms with E-state index in [0.29, 0.717) is 41.3 Å². The molecule has 0 amide bonds. The second-order valence-corrected chi connectivity index (χ2v) is 12.3. The van der Waals surface area contributed by atoms with Crippen LogP contribution in [0.4, 0.5) is 10.2 Å². The number of halogens is 1. The molecule has 8 rings (SSSR count). The van der Waals surface area contributed by atoms with E-state index in [0.717, 1.165) is 43.9 Å². The summed E-state index contributed by atoms with van der Waals surface area (Å²) in [7, 11) is 2.13. The van der Waals surface area contributed by atoms with Gasteiger partial charge in [0.15, 0.2) is 5.82 Å². The van der Waals surface area contributed by atoms with Gasteiger partial charge < -0.3 is 19.9 Å². The first-order valence-electron chi connectivity index (χ1n) is 14.4. The lowest BCUT2D eigenvalue weighted by Crippen LogP contribution is -2.51. The Morgan fingerprint density at radius 3 is 2.71 bits per heavy atom. The van der Waals surface area contributed by atoms with Crippen molar-refractivity contribution in [2.45, 2.75) is 74.9 Å². The summed E-state index contributed by atoms with van der Waals surface area (Å²) >= 11 is 0. The number of rotatable bonds is 5. The fourth-order valence-corrected chi connectivity index (χ4v) is 7.63. The maximum atomic E-state index is 16.5. The van der Waals surface area contributed by atoms with Gasteiger partial charge in [-0.1, -0.05) is 18.2 Å². The van der Waals surface area contributed by atoms with Crippen LogP contribution < -0.4 is 15.0 Å². The largest absolute Gasteiger partial charge is 0.462 e. The summed E-state index contributed by atoms with van der Waals surface area (Å²) in [6.45, 7) is 3.30. The highest BCUT2D eigenvalue weighted by Crippen LogP contribution is 2.59. The zero-order valence-electron chi connectivity index (χ0n) is 22.0. The molecule has 3 atom stereocenters. The molecule has 2 aliphatic carbocycles. The van der Waals surface area contributed by atoms with Gasteiger partial charge >= 0.3 is 6.01 Å². The Kier molecular flexibility index (Phi) is 5.21. The molecule has 1 aromatic carbocycles.